The second-order valence-corrected chi connectivity index (χ2v) is 5.36. The molecule has 1 unspecified atom stereocenters. The van der Waals surface area contributed by atoms with Crippen molar-refractivity contribution in [3.63, 3.8) is 0 Å². The molecule has 0 saturated heterocycles. The Hall–Kier alpha value is -1.68. The highest BCUT2D eigenvalue weighted by Gasteiger charge is 2.41. The van der Waals surface area contributed by atoms with E-state index < -0.39 is 5.60 Å². The Kier molecular flexibility index (Phi) is 2.90. The number of aromatic nitrogens is 3. The number of benzene rings is 1. The maximum atomic E-state index is 11.1. The lowest BCUT2D eigenvalue weighted by Crippen LogP contribution is -2.28. The molecule has 1 heterocycles. The van der Waals surface area contributed by atoms with Crippen molar-refractivity contribution in [1.82, 2.24) is 15.0 Å². The van der Waals surface area contributed by atoms with Crippen molar-refractivity contribution in [3.8, 4) is 0 Å². The summed E-state index contributed by atoms with van der Waals surface area (Å²) < 4.78 is 1.83. The van der Waals surface area contributed by atoms with Gasteiger partial charge in [0.15, 0.2) is 0 Å². The summed E-state index contributed by atoms with van der Waals surface area (Å²) in [6.07, 6.45) is 4.30. The van der Waals surface area contributed by atoms with Gasteiger partial charge in [-0.05, 0) is 37.3 Å². The fraction of sp³-hybridized carbons (Fsp3) is 0.467. The summed E-state index contributed by atoms with van der Waals surface area (Å²) in [4.78, 5) is 0. The molecule has 1 atom stereocenters. The smallest absolute Gasteiger partial charge is 0.133 e. The third kappa shape index (κ3) is 1.87. The van der Waals surface area contributed by atoms with Gasteiger partial charge in [0, 0.05) is 6.54 Å². The van der Waals surface area contributed by atoms with Crippen LogP contribution < -0.4 is 0 Å². The molecule has 1 aliphatic carbocycles. The maximum Gasteiger partial charge on any atom is 0.133 e. The highest BCUT2D eigenvalue weighted by atomic mass is 16.3. The molecular weight excluding hydrogens is 238 g/mol. The van der Waals surface area contributed by atoms with Gasteiger partial charge in [-0.15, -0.1) is 5.10 Å². The molecule has 0 saturated carbocycles. The van der Waals surface area contributed by atoms with E-state index in [1.807, 2.05) is 4.68 Å². The summed E-state index contributed by atoms with van der Waals surface area (Å²) in [5.74, 6) is 0. The zero-order valence-electron chi connectivity index (χ0n) is 11.4. The van der Waals surface area contributed by atoms with Crippen molar-refractivity contribution in [1.29, 1.82) is 0 Å². The molecule has 0 fully saturated rings. The molecule has 1 N–H and O–H groups in total. The van der Waals surface area contributed by atoms with Gasteiger partial charge in [0.1, 0.15) is 5.60 Å². The van der Waals surface area contributed by atoms with Gasteiger partial charge in [-0.3, -0.25) is 0 Å². The van der Waals surface area contributed by atoms with Gasteiger partial charge in [-0.25, -0.2) is 4.68 Å². The van der Waals surface area contributed by atoms with E-state index in [0.717, 1.165) is 30.6 Å². The van der Waals surface area contributed by atoms with Crippen LogP contribution in [0.5, 0.6) is 0 Å². The van der Waals surface area contributed by atoms with Gasteiger partial charge in [-0.2, -0.15) is 0 Å². The summed E-state index contributed by atoms with van der Waals surface area (Å²) in [5.41, 5.74) is 3.32. The van der Waals surface area contributed by atoms with Crippen LogP contribution in [0.1, 0.15) is 42.1 Å². The maximum absolute atomic E-state index is 11.1. The first-order valence-corrected chi connectivity index (χ1v) is 6.86. The zero-order valence-corrected chi connectivity index (χ0v) is 11.4. The number of fused-ring (bicyclic) bond motifs is 1. The monoisotopic (exact) mass is 257 g/mol. The van der Waals surface area contributed by atoms with Crippen molar-refractivity contribution in [2.24, 2.45) is 0 Å². The summed E-state index contributed by atoms with van der Waals surface area (Å²) in [7, 11) is 0. The Morgan fingerprint density at radius 3 is 3.05 bits per heavy atom. The minimum atomic E-state index is -0.931. The van der Waals surface area contributed by atoms with Crippen LogP contribution in [0.15, 0.2) is 24.4 Å². The fourth-order valence-corrected chi connectivity index (χ4v) is 2.96. The predicted molar refractivity (Wildman–Crippen MR) is 72.8 cm³/mol. The lowest BCUT2D eigenvalue weighted by Gasteiger charge is -2.24. The number of hydrogen-bond acceptors (Lipinski definition) is 3. The van der Waals surface area contributed by atoms with E-state index in [1.54, 1.807) is 6.20 Å². The van der Waals surface area contributed by atoms with Crippen LogP contribution in [0.25, 0.3) is 0 Å². The molecule has 3 rings (SSSR count). The minimum absolute atomic E-state index is 0.711. The molecule has 0 spiro atoms. The summed E-state index contributed by atoms with van der Waals surface area (Å²) in [6.45, 7) is 4.95. The van der Waals surface area contributed by atoms with E-state index in [0.29, 0.717) is 6.42 Å². The van der Waals surface area contributed by atoms with Crippen molar-refractivity contribution < 1.29 is 5.11 Å². The average Bonchev–Trinajstić information content (AvgIpc) is 2.97. The molecule has 100 valence electrons. The van der Waals surface area contributed by atoms with Crippen LogP contribution in [0.2, 0.25) is 0 Å². The number of nitrogens with zero attached hydrogens (tertiary/aromatic N) is 3. The van der Waals surface area contributed by atoms with E-state index >= 15 is 0 Å². The third-order valence-corrected chi connectivity index (χ3v) is 3.94. The van der Waals surface area contributed by atoms with E-state index in [1.165, 1.54) is 11.1 Å². The number of aliphatic hydroxyl groups is 1. The Morgan fingerprint density at radius 1 is 1.42 bits per heavy atom. The Labute approximate surface area is 113 Å². The van der Waals surface area contributed by atoms with Gasteiger partial charge in [0.25, 0.3) is 0 Å². The molecule has 4 heteroatoms. The second kappa shape index (κ2) is 4.46. The van der Waals surface area contributed by atoms with Gasteiger partial charge in [0.05, 0.1) is 11.9 Å². The van der Waals surface area contributed by atoms with Gasteiger partial charge in [-0.1, -0.05) is 35.9 Å². The Morgan fingerprint density at radius 2 is 2.26 bits per heavy atom. The first-order chi connectivity index (χ1) is 9.15. The van der Waals surface area contributed by atoms with E-state index in [4.69, 9.17) is 0 Å². The van der Waals surface area contributed by atoms with E-state index in [-0.39, 0.29) is 0 Å². The Bertz CT molecular complexity index is 605. The van der Waals surface area contributed by atoms with Crippen molar-refractivity contribution in [2.45, 2.75) is 45.3 Å². The lowest BCUT2D eigenvalue weighted by molar-refractivity contribution is 0.0726. The van der Waals surface area contributed by atoms with E-state index in [9.17, 15) is 5.11 Å². The normalized spacial score (nSPS) is 21.6. The lowest BCUT2D eigenvalue weighted by atomic mass is 9.91. The number of aryl methyl sites for hydroxylation is 3. The van der Waals surface area contributed by atoms with Gasteiger partial charge in [0.2, 0.25) is 0 Å². The van der Waals surface area contributed by atoms with Crippen LogP contribution in [-0.2, 0) is 18.6 Å². The van der Waals surface area contributed by atoms with Crippen LogP contribution in [0.3, 0.4) is 0 Å². The molecular formula is C15H19N3O. The molecule has 1 aliphatic rings. The topological polar surface area (TPSA) is 50.9 Å². The van der Waals surface area contributed by atoms with Crippen LogP contribution >= 0.6 is 0 Å². The molecule has 0 radical (unpaired) electrons. The highest BCUT2D eigenvalue weighted by Crippen LogP contribution is 2.41. The van der Waals surface area contributed by atoms with Crippen LogP contribution in [0.4, 0.5) is 0 Å². The predicted octanol–water partition coefficient (Wildman–Crippen LogP) is 2.18. The molecule has 4 nitrogen and oxygen atoms in total. The summed E-state index contributed by atoms with van der Waals surface area (Å²) in [5, 5.41) is 19.2. The summed E-state index contributed by atoms with van der Waals surface area (Å²) in [6, 6.07) is 6.31. The second-order valence-electron chi connectivity index (χ2n) is 5.36. The number of hydrogen-bond donors (Lipinski definition) is 1. The fourth-order valence-electron chi connectivity index (χ4n) is 2.96. The highest BCUT2D eigenvalue weighted by molar-refractivity contribution is 5.44. The Balaban J connectivity index is 2.11. The first kappa shape index (κ1) is 12.4. The minimum Gasteiger partial charge on any atom is -0.379 e. The number of rotatable bonds is 3. The zero-order chi connectivity index (χ0) is 13.5. The van der Waals surface area contributed by atoms with Crippen molar-refractivity contribution in [3.05, 3.63) is 46.8 Å². The average molecular weight is 257 g/mol. The SMILES string of the molecule is CCCn1nncc1C1(O)CCc2ccc(C)cc21. The molecule has 0 amide bonds. The van der Waals surface area contributed by atoms with Crippen LogP contribution in [0, 0.1) is 6.92 Å². The largest absolute Gasteiger partial charge is 0.379 e. The quantitative estimate of drug-likeness (QED) is 0.917. The molecule has 1 aromatic heterocycles. The van der Waals surface area contributed by atoms with Crippen molar-refractivity contribution >= 4 is 0 Å². The van der Waals surface area contributed by atoms with Gasteiger partial charge < -0.3 is 5.11 Å². The van der Waals surface area contributed by atoms with Crippen LogP contribution in [-0.4, -0.2) is 20.1 Å². The van der Waals surface area contributed by atoms with Crippen molar-refractivity contribution in [2.75, 3.05) is 0 Å². The summed E-state index contributed by atoms with van der Waals surface area (Å²) >= 11 is 0. The molecule has 2 aromatic rings. The molecule has 19 heavy (non-hydrogen) atoms. The van der Waals surface area contributed by atoms with Gasteiger partial charge >= 0.3 is 0 Å². The van der Waals surface area contributed by atoms with E-state index in [2.05, 4.69) is 42.4 Å². The molecule has 0 bridgehead atoms. The third-order valence-electron chi connectivity index (χ3n) is 3.94. The molecule has 0 aliphatic heterocycles. The standard InChI is InChI=1S/C15H19N3O/c1-3-8-18-14(10-16-17-18)15(19)7-6-12-5-4-11(2)9-13(12)15/h4-5,9-10,19H,3,6-8H2,1-2H3. The first-order valence-electron chi connectivity index (χ1n) is 6.86. The molecule has 1 aromatic carbocycles.